The van der Waals surface area contributed by atoms with Crippen molar-refractivity contribution < 1.29 is 9.53 Å². The Kier molecular flexibility index (Phi) is 4.99. The Labute approximate surface area is 148 Å². The largest absolute Gasteiger partial charge is 0.488 e. The van der Waals surface area contributed by atoms with Crippen LogP contribution in [0.4, 0.5) is 0 Å². The van der Waals surface area contributed by atoms with Crippen LogP contribution in [0.15, 0.2) is 24.3 Å². The molecule has 4 nitrogen and oxygen atoms in total. The summed E-state index contributed by atoms with van der Waals surface area (Å²) in [6.45, 7) is 2.85. The molecule has 2 heterocycles. The number of likely N-dealkylation sites (tertiary alicyclic amines) is 1. The van der Waals surface area contributed by atoms with Gasteiger partial charge in [-0.1, -0.05) is 6.07 Å². The predicted molar refractivity (Wildman–Crippen MR) is 97.8 cm³/mol. The second kappa shape index (κ2) is 7.36. The fraction of sp³-hybridized carbons (Fsp3) is 0.632. The molecule has 24 heavy (non-hydrogen) atoms. The number of benzene rings is 1. The van der Waals surface area contributed by atoms with Crippen LogP contribution in [0, 0.1) is 5.92 Å². The van der Waals surface area contributed by atoms with Crippen molar-refractivity contribution in [2.75, 3.05) is 31.1 Å². The van der Waals surface area contributed by atoms with E-state index in [2.05, 4.69) is 22.0 Å². The first-order valence-electron chi connectivity index (χ1n) is 9.14. The summed E-state index contributed by atoms with van der Waals surface area (Å²) in [7, 11) is 0. The van der Waals surface area contributed by atoms with Gasteiger partial charge in [0, 0.05) is 31.2 Å². The van der Waals surface area contributed by atoms with E-state index in [9.17, 15) is 4.79 Å². The van der Waals surface area contributed by atoms with Gasteiger partial charge in [-0.05, 0) is 61.3 Å². The van der Waals surface area contributed by atoms with Crippen LogP contribution in [0.25, 0.3) is 0 Å². The number of nitrogens with zero attached hydrogens (tertiary/aromatic N) is 1. The van der Waals surface area contributed by atoms with Gasteiger partial charge in [0.1, 0.15) is 11.9 Å². The average Bonchev–Trinajstić information content (AvgIpc) is 3.41. The highest BCUT2D eigenvalue weighted by Gasteiger charge is 2.34. The molecule has 0 aromatic heterocycles. The number of amides is 1. The third-order valence-corrected chi connectivity index (χ3v) is 6.28. The summed E-state index contributed by atoms with van der Waals surface area (Å²) in [5.74, 6) is 4.13. The molecular weight excluding hydrogens is 320 g/mol. The van der Waals surface area contributed by atoms with Crippen LogP contribution in [0.1, 0.15) is 36.0 Å². The molecule has 1 amide bonds. The van der Waals surface area contributed by atoms with E-state index < -0.39 is 0 Å². The van der Waals surface area contributed by atoms with Crippen LogP contribution in [0.2, 0.25) is 0 Å². The van der Waals surface area contributed by atoms with E-state index in [1.54, 1.807) is 0 Å². The van der Waals surface area contributed by atoms with Crippen LogP contribution < -0.4 is 10.1 Å². The zero-order chi connectivity index (χ0) is 16.4. The molecule has 1 aliphatic carbocycles. The van der Waals surface area contributed by atoms with Crippen LogP contribution in [-0.2, 0) is 0 Å². The molecule has 0 atom stereocenters. The van der Waals surface area contributed by atoms with E-state index in [0.717, 1.165) is 31.4 Å². The lowest BCUT2D eigenvalue weighted by molar-refractivity contribution is -0.0113. The summed E-state index contributed by atoms with van der Waals surface area (Å²) in [5.41, 5.74) is 0.702. The molecule has 130 valence electrons. The van der Waals surface area contributed by atoms with Gasteiger partial charge < -0.3 is 10.1 Å². The maximum absolute atomic E-state index is 12.2. The summed E-state index contributed by atoms with van der Waals surface area (Å²) in [5, 5.41) is 3.01. The van der Waals surface area contributed by atoms with Crippen molar-refractivity contribution in [1.82, 2.24) is 10.2 Å². The van der Waals surface area contributed by atoms with E-state index in [0.29, 0.717) is 11.5 Å². The SMILES string of the molecule is O=C(NCC1CC1)c1cccc(OC2CN(C3CCSCC3)C2)c1. The number of hydrogen-bond acceptors (Lipinski definition) is 4. The molecule has 2 saturated heterocycles. The summed E-state index contributed by atoms with van der Waals surface area (Å²) in [4.78, 5) is 14.7. The number of thioether (sulfide) groups is 1. The lowest BCUT2D eigenvalue weighted by Gasteiger charge is -2.45. The van der Waals surface area contributed by atoms with E-state index >= 15 is 0 Å². The van der Waals surface area contributed by atoms with Crippen molar-refractivity contribution in [3.63, 3.8) is 0 Å². The Morgan fingerprint density at radius 1 is 1.21 bits per heavy atom. The molecule has 3 aliphatic rings. The van der Waals surface area contributed by atoms with Gasteiger partial charge in [0.2, 0.25) is 0 Å². The molecule has 0 spiro atoms. The lowest BCUT2D eigenvalue weighted by atomic mass is 10.0. The van der Waals surface area contributed by atoms with Crippen LogP contribution >= 0.6 is 11.8 Å². The number of carbonyl (C=O) groups excluding carboxylic acids is 1. The molecular formula is C19H26N2O2S. The van der Waals surface area contributed by atoms with Gasteiger partial charge in [-0.2, -0.15) is 11.8 Å². The third kappa shape index (κ3) is 4.06. The monoisotopic (exact) mass is 346 g/mol. The van der Waals surface area contributed by atoms with Crippen molar-refractivity contribution in [2.24, 2.45) is 5.92 Å². The molecule has 4 rings (SSSR count). The van der Waals surface area contributed by atoms with Gasteiger partial charge in [0.25, 0.3) is 5.91 Å². The fourth-order valence-corrected chi connectivity index (χ4v) is 4.54. The summed E-state index contributed by atoms with van der Waals surface area (Å²) < 4.78 is 6.07. The zero-order valence-electron chi connectivity index (χ0n) is 14.1. The normalized spacial score (nSPS) is 22.8. The fourth-order valence-electron chi connectivity index (χ4n) is 3.46. The first-order chi connectivity index (χ1) is 11.8. The lowest BCUT2D eigenvalue weighted by Crippen LogP contribution is -2.58. The van der Waals surface area contributed by atoms with Gasteiger partial charge >= 0.3 is 0 Å². The molecule has 0 radical (unpaired) electrons. The zero-order valence-corrected chi connectivity index (χ0v) is 14.9. The Hall–Kier alpha value is -1.20. The van der Waals surface area contributed by atoms with E-state index in [1.165, 1.54) is 37.2 Å². The van der Waals surface area contributed by atoms with E-state index in [1.807, 2.05) is 24.3 Å². The summed E-state index contributed by atoms with van der Waals surface area (Å²) in [6, 6.07) is 8.36. The quantitative estimate of drug-likeness (QED) is 0.860. The molecule has 1 N–H and O–H groups in total. The topological polar surface area (TPSA) is 41.6 Å². The minimum absolute atomic E-state index is 0.0160. The Balaban J connectivity index is 1.26. The second-order valence-electron chi connectivity index (χ2n) is 7.22. The first kappa shape index (κ1) is 16.3. The highest BCUT2D eigenvalue weighted by Crippen LogP contribution is 2.28. The molecule has 2 aliphatic heterocycles. The molecule has 1 aromatic rings. The Morgan fingerprint density at radius 3 is 2.75 bits per heavy atom. The Bertz CT molecular complexity index is 578. The second-order valence-corrected chi connectivity index (χ2v) is 8.44. The maximum Gasteiger partial charge on any atom is 0.251 e. The number of hydrogen-bond donors (Lipinski definition) is 1. The van der Waals surface area contributed by atoms with E-state index in [4.69, 9.17) is 4.74 Å². The smallest absolute Gasteiger partial charge is 0.251 e. The van der Waals surface area contributed by atoms with Crippen molar-refractivity contribution in [2.45, 2.75) is 37.8 Å². The predicted octanol–water partition coefficient (Wildman–Crippen LogP) is 2.79. The molecule has 5 heteroatoms. The van der Waals surface area contributed by atoms with Crippen molar-refractivity contribution in [1.29, 1.82) is 0 Å². The van der Waals surface area contributed by atoms with Crippen LogP contribution in [0.3, 0.4) is 0 Å². The van der Waals surface area contributed by atoms with Gasteiger partial charge in [-0.25, -0.2) is 0 Å². The van der Waals surface area contributed by atoms with Crippen molar-refractivity contribution in [3.8, 4) is 5.75 Å². The molecule has 3 fully saturated rings. The van der Waals surface area contributed by atoms with Gasteiger partial charge in [-0.15, -0.1) is 0 Å². The summed E-state index contributed by atoms with van der Waals surface area (Å²) >= 11 is 2.07. The minimum Gasteiger partial charge on any atom is -0.488 e. The van der Waals surface area contributed by atoms with Crippen LogP contribution in [-0.4, -0.2) is 54.1 Å². The third-order valence-electron chi connectivity index (χ3n) is 5.23. The number of rotatable bonds is 6. The van der Waals surface area contributed by atoms with Gasteiger partial charge in [0.15, 0.2) is 0 Å². The number of carbonyl (C=O) groups is 1. The maximum atomic E-state index is 12.2. The number of nitrogens with one attached hydrogen (secondary N) is 1. The van der Waals surface area contributed by atoms with Crippen molar-refractivity contribution in [3.05, 3.63) is 29.8 Å². The minimum atomic E-state index is 0.0160. The first-order valence-corrected chi connectivity index (χ1v) is 10.3. The molecule has 1 aromatic carbocycles. The van der Waals surface area contributed by atoms with E-state index in [-0.39, 0.29) is 12.0 Å². The average molecular weight is 346 g/mol. The molecule has 0 unspecified atom stereocenters. The number of ether oxygens (including phenoxy) is 1. The summed E-state index contributed by atoms with van der Waals surface area (Å²) in [6.07, 6.45) is 5.40. The molecule has 1 saturated carbocycles. The van der Waals surface area contributed by atoms with Crippen molar-refractivity contribution >= 4 is 17.7 Å². The van der Waals surface area contributed by atoms with Gasteiger partial charge in [-0.3, -0.25) is 9.69 Å². The standard InChI is InChI=1S/C19H26N2O2S/c22-19(20-11-14-4-5-14)15-2-1-3-17(10-15)23-18-12-21(13-18)16-6-8-24-9-7-16/h1-3,10,14,16,18H,4-9,11-13H2,(H,20,22). The van der Waals surface area contributed by atoms with Crippen LogP contribution in [0.5, 0.6) is 5.75 Å². The highest BCUT2D eigenvalue weighted by molar-refractivity contribution is 7.99. The van der Waals surface area contributed by atoms with Gasteiger partial charge in [0.05, 0.1) is 0 Å². The highest BCUT2D eigenvalue weighted by atomic mass is 32.2. The Morgan fingerprint density at radius 2 is 2.00 bits per heavy atom. The molecule has 0 bridgehead atoms.